The van der Waals surface area contributed by atoms with Gasteiger partial charge in [0.25, 0.3) is 0 Å². The summed E-state index contributed by atoms with van der Waals surface area (Å²) in [4.78, 5) is 4.41. The molecule has 1 N–H and O–H groups in total. The molecule has 4 unspecified atom stereocenters. The van der Waals surface area contributed by atoms with Crippen LogP contribution in [0.25, 0.3) is 10.9 Å². The van der Waals surface area contributed by atoms with Crippen LogP contribution in [0.2, 0.25) is 0 Å². The standard InChI is InChI=1S/C26H28F3N2O/c1-2-16-14-31(15-18-7-8-21(27)25(29)24(18)28)12-10-17(16)13-23(31)26(32)20-9-11-30-22-6-4-3-5-19(20)22/h3-9,11,16-17,23,26,32H,2,10,12-15H2,1H3/q+1/t16?,17?,23?,26-,31?/m0/s1. The van der Waals surface area contributed by atoms with Gasteiger partial charge in [0, 0.05) is 35.9 Å². The van der Waals surface area contributed by atoms with E-state index >= 15 is 0 Å². The molecule has 0 amide bonds. The van der Waals surface area contributed by atoms with E-state index in [1.165, 1.54) is 6.07 Å². The summed E-state index contributed by atoms with van der Waals surface area (Å²) in [5.74, 6) is -2.70. The van der Waals surface area contributed by atoms with Gasteiger partial charge < -0.3 is 9.59 Å². The number of aliphatic hydroxyl groups excluding tert-OH is 1. The fourth-order valence-electron chi connectivity index (χ4n) is 6.27. The van der Waals surface area contributed by atoms with Crippen LogP contribution in [0.15, 0.2) is 48.7 Å². The summed E-state index contributed by atoms with van der Waals surface area (Å²) in [5.41, 5.74) is 1.82. The number of benzene rings is 2. The van der Waals surface area contributed by atoms with Crippen molar-refractivity contribution in [3.63, 3.8) is 0 Å². The van der Waals surface area contributed by atoms with Crippen molar-refractivity contribution in [3.05, 3.63) is 77.2 Å². The summed E-state index contributed by atoms with van der Waals surface area (Å²) in [6.45, 7) is 4.02. The second-order valence-electron chi connectivity index (χ2n) is 9.50. The Labute approximate surface area is 186 Å². The van der Waals surface area contributed by atoms with Gasteiger partial charge in [-0.05, 0) is 42.2 Å². The molecule has 168 valence electrons. The van der Waals surface area contributed by atoms with Crippen molar-refractivity contribution in [2.45, 2.75) is 44.9 Å². The zero-order valence-electron chi connectivity index (χ0n) is 18.1. The Morgan fingerprint density at radius 1 is 1.09 bits per heavy atom. The molecule has 4 heterocycles. The fraction of sp³-hybridized carbons (Fsp3) is 0.423. The van der Waals surface area contributed by atoms with Crippen LogP contribution in [0, 0.1) is 29.3 Å². The lowest BCUT2D eigenvalue weighted by atomic mass is 9.70. The summed E-state index contributed by atoms with van der Waals surface area (Å²) in [6, 6.07) is 11.8. The molecule has 3 nitrogen and oxygen atoms in total. The van der Waals surface area contributed by atoms with Crippen LogP contribution < -0.4 is 0 Å². The molecule has 6 rings (SSSR count). The van der Waals surface area contributed by atoms with Crippen LogP contribution >= 0.6 is 0 Å². The lowest BCUT2D eigenvalue weighted by molar-refractivity contribution is -0.986. The number of hydrogen-bond donors (Lipinski definition) is 1. The van der Waals surface area contributed by atoms with Crippen LogP contribution in [-0.4, -0.2) is 33.7 Å². The summed E-state index contributed by atoms with van der Waals surface area (Å²) >= 11 is 0. The van der Waals surface area contributed by atoms with E-state index in [4.69, 9.17) is 0 Å². The summed E-state index contributed by atoms with van der Waals surface area (Å²) in [6.07, 6.45) is 3.82. The molecule has 0 aliphatic carbocycles. The summed E-state index contributed by atoms with van der Waals surface area (Å²) in [7, 11) is 0. The predicted octanol–water partition coefficient (Wildman–Crippen LogP) is 5.52. The van der Waals surface area contributed by atoms with Gasteiger partial charge in [0.15, 0.2) is 17.5 Å². The maximum absolute atomic E-state index is 14.7. The van der Waals surface area contributed by atoms with Crippen LogP contribution in [0.5, 0.6) is 0 Å². The number of nitrogens with zero attached hydrogens (tertiary/aromatic N) is 2. The molecule has 3 fully saturated rings. The van der Waals surface area contributed by atoms with E-state index < -0.39 is 23.6 Å². The molecule has 5 atom stereocenters. The van der Waals surface area contributed by atoms with Crippen molar-refractivity contribution in [2.75, 3.05) is 13.1 Å². The fourth-order valence-corrected chi connectivity index (χ4v) is 6.27. The van der Waals surface area contributed by atoms with Gasteiger partial charge in [-0.15, -0.1) is 0 Å². The molecule has 2 bridgehead atoms. The SMILES string of the molecule is CCC1C[N+]2(Cc3ccc(F)c(F)c3F)CCC1CC2[C@@H](O)c1ccnc2ccccc12. The molecular weight excluding hydrogens is 413 g/mol. The van der Waals surface area contributed by atoms with Crippen LogP contribution in [0.4, 0.5) is 13.2 Å². The van der Waals surface area contributed by atoms with E-state index in [0.717, 1.165) is 54.9 Å². The van der Waals surface area contributed by atoms with Gasteiger partial charge in [-0.2, -0.15) is 0 Å². The normalized spacial score (nSPS) is 28.2. The minimum absolute atomic E-state index is 0.144. The number of para-hydroxylation sites is 1. The Balaban J connectivity index is 1.57. The molecule has 3 aliphatic heterocycles. The molecular formula is C26H28F3N2O+. The zero-order valence-corrected chi connectivity index (χ0v) is 18.1. The first-order valence-electron chi connectivity index (χ1n) is 11.4. The largest absolute Gasteiger partial charge is 0.382 e. The molecule has 3 aliphatic rings. The minimum Gasteiger partial charge on any atom is -0.382 e. The Morgan fingerprint density at radius 3 is 2.72 bits per heavy atom. The number of aromatic nitrogens is 1. The highest BCUT2D eigenvalue weighted by molar-refractivity contribution is 5.82. The average Bonchev–Trinajstić information content (AvgIpc) is 2.83. The van der Waals surface area contributed by atoms with Gasteiger partial charge in [0.05, 0.1) is 18.6 Å². The first kappa shape index (κ1) is 21.4. The first-order valence-corrected chi connectivity index (χ1v) is 11.4. The van der Waals surface area contributed by atoms with Crippen LogP contribution in [0.3, 0.4) is 0 Å². The third-order valence-corrected chi connectivity index (χ3v) is 7.95. The van der Waals surface area contributed by atoms with Crippen molar-refractivity contribution in [2.24, 2.45) is 11.8 Å². The predicted molar refractivity (Wildman–Crippen MR) is 117 cm³/mol. The lowest BCUT2D eigenvalue weighted by Crippen LogP contribution is -2.67. The number of aliphatic hydroxyl groups is 1. The zero-order chi connectivity index (χ0) is 22.5. The summed E-state index contributed by atoms with van der Waals surface area (Å²) in [5, 5.41) is 12.6. The smallest absolute Gasteiger partial charge is 0.194 e. The number of quaternary nitrogens is 1. The topological polar surface area (TPSA) is 33.1 Å². The van der Waals surface area contributed by atoms with E-state index in [9.17, 15) is 18.3 Å². The highest BCUT2D eigenvalue weighted by atomic mass is 19.2. The lowest BCUT2D eigenvalue weighted by Gasteiger charge is -2.58. The average molecular weight is 442 g/mol. The van der Waals surface area contributed by atoms with Gasteiger partial charge >= 0.3 is 0 Å². The molecule has 2 aromatic carbocycles. The van der Waals surface area contributed by atoms with E-state index in [1.807, 2.05) is 30.3 Å². The van der Waals surface area contributed by atoms with E-state index in [0.29, 0.717) is 16.3 Å². The number of piperidine rings is 3. The molecule has 3 saturated heterocycles. The van der Waals surface area contributed by atoms with Gasteiger partial charge in [0.2, 0.25) is 0 Å². The van der Waals surface area contributed by atoms with Gasteiger partial charge in [-0.25, -0.2) is 13.2 Å². The van der Waals surface area contributed by atoms with Crippen LogP contribution in [-0.2, 0) is 6.54 Å². The Kier molecular flexibility index (Phi) is 5.46. The van der Waals surface area contributed by atoms with Crippen molar-refractivity contribution in [3.8, 4) is 0 Å². The van der Waals surface area contributed by atoms with Gasteiger partial charge in [-0.3, -0.25) is 4.98 Å². The maximum atomic E-state index is 14.7. The number of hydrogen-bond acceptors (Lipinski definition) is 2. The third kappa shape index (κ3) is 3.41. The molecule has 3 aromatic rings. The monoisotopic (exact) mass is 441 g/mol. The molecule has 0 spiro atoms. The molecule has 0 saturated carbocycles. The van der Waals surface area contributed by atoms with E-state index in [1.54, 1.807) is 6.20 Å². The maximum Gasteiger partial charge on any atom is 0.194 e. The van der Waals surface area contributed by atoms with Crippen molar-refractivity contribution in [1.82, 2.24) is 4.98 Å². The molecule has 1 aromatic heterocycles. The Hall–Kier alpha value is -2.44. The number of pyridine rings is 1. The summed E-state index contributed by atoms with van der Waals surface area (Å²) < 4.78 is 42.7. The van der Waals surface area contributed by atoms with E-state index in [2.05, 4.69) is 11.9 Å². The Morgan fingerprint density at radius 2 is 1.91 bits per heavy atom. The quantitative estimate of drug-likeness (QED) is 0.418. The van der Waals surface area contributed by atoms with Gasteiger partial charge in [0.1, 0.15) is 18.7 Å². The molecule has 0 radical (unpaired) electrons. The number of rotatable bonds is 5. The van der Waals surface area contributed by atoms with Gasteiger partial charge in [-0.1, -0.05) is 25.1 Å². The third-order valence-electron chi connectivity index (χ3n) is 7.95. The first-order chi connectivity index (χ1) is 15.4. The number of halogens is 3. The van der Waals surface area contributed by atoms with Crippen molar-refractivity contribution < 1.29 is 22.8 Å². The molecule has 6 heteroatoms. The second-order valence-corrected chi connectivity index (χ2v) is 9.50. The van der Waals surface area contributed by atoms with Crippen molar-refractivity contribution in [1.29, 1.82) is 0 Å². The van der Waals surface area contributed by atoms with Crippen LogP contribution in [0.1, 0.15) is 43.4 Å². The number of fused-ring (bicyclic) bond motifs is 4. The highest BCUT2D eigenvalue weighted by Crippen LogP contribution is 2.48. The van der Waals surface area contributed by atoms with E-state index in [-0.39, 0.29) is 18.2 Å². The Bertz CT molecular complexity index is 1150. The molecule has 32 heavy (non-hydrogen) atoms. The second kappa shape index (κ2) is 8.16. The highest BCUT2D eigenvalue weighted by Gasteiger charge is 2.54. The minimum atomic E-state index is -1.42. The van der Waals surface area contributed by atoms with Crippen molar-refractivity contribution >= 4 is 10.9 Å².